The normalized spacial score (nSPS) is 33.0. The van der Waals surface area contributed by atoms with Crippen molar-refractivity contribution in [3.63, 3.8) is 0 Å². The van der Waals surface area contributed by atoms with Crippen molar-refractivity contribution in [2.45, 2.75) is 38.5 Å². The standard InChI is InChI=1S/C10H14O2/c11-7-8-3-6-10(9(8)12)4-1-2-5-10/h7-8H,1-6H2. The highest BCUT2D eigenvalue weighted by molar-refractivity contribution is 5.99. The summed E-state index contributed by atoms with van der Waals surface area (Å²) >= 11 is 0. The average molecular weight is 166 g/mol. The Morgan fingerprint density at radius 2 is 1.92 bits per heavy atom. The first-order valence-electron chi connectivity index (χ1n) is 4.78. The number of ketones is 1. The highest BCUT2D eigenvalue weighted by Gasteiger charge is 2.48. The molecule has 0 aromatic rings. The van der Waals surface area contributed by atoms with Gasteiger partial charge in [-0.1, -0.05) is 12.8 Å². The highest BCUT2D eigenvalue weighted by atomic mass is 16.1. The molecule has 0 radical (unpaired) electrons. The SMILES string of the molecule is O=CC1CCC2(CCCC2)C1=O. The van der Waals surface area contributed by atoms with Crippen molar-refractivity contribution in [3.05, 3.63) is 0 Å². The Kier molecular flexibility index (Phi) is 1.78. The second kappa shape index (κ2) is 2.68. The van der Waals surface area contributed by atoms with Crippen LogP contribution in [0.1, 0.15) is 38.5 Å². The van der Waals surface area contributed by atoms with Gasteiger partial charge in [0, 0.05) is 5.41 Å². The summed E-state index contributed by atoms with van der Waals surface area (Å²) in [5.41, 5.74) is -0.0500. The minimum absolute atomic E-state index is 0.0500. The van der Waals surface area contributed by atoms with E-state index in [-0.39, 0.29) is 17.1 Å². The van der Waals surface area contributed by atoms with Crippen LogP contribution < -0.4 is 0 Å². The Labute approximate surface area is 72.3 Å². The molecule has 0 bridgehead atoms. The van der Waals surface area contributed by atoms with Crippen molar-refractivity contribution in [1.29, 1.82) is 0 Å². The van der Waals surface area contributed by atoms with Crippen LogP contribution in [0.25, 0.3) is 0 Å². The van der Waals surface area contributed by atoms with Crippen LogP contribution in [-0.4, -0.2) is 12.1 Å². The molecule has 2 rings (SSSR count). The average Bonchev–Trinajstić information content (AvgIpc) is 2.65. The van der Waals surface area contributed by atoms with Gasteiger partial charge in [-0.2, -0.15) is 0 Å². The fourth-order valence-electron chi connectivity index (χ4n) is 2.76. The van der Waals surface area contributed by atoms with Gasteiger partial charge < -0.3 is 4.79 Å². The number of hydrogen-bond acceptors (Lipinski definition) is 2. The first-order chi connectivity index (χ1) is 5.78. The number of carbonyl (C=O) groups excluding carboxylic acids is 2. The Morgan fingerprint density at radius 3 is 2.42 bits per heavy atom. The van der Waals surface area contributed by atoms with E-state index in [1.165, 1.54) is 12.8 Å². The van der Waals surface area contributed by atoms with Gasteiger partial charge in [0.1, 0.15) is 12.1 Å². The molecule has 0 heterocycles. The molecule has 0 amide bonds. The van der Waals surface area contributed by atoms with Crippen molar-refractivity contribution in [2.24, 2.45) is 11.3 Å². The summed E-state index contributed by atoms with van der Waals surface area (Å²) in [5, 5.41) is 0. The molecule has 2 nitrogen and oxygen atoms in total. The van der Waals surface area contributed by atoms with Gasteiger partial charge >= 0.3 is 0 Å². The van der Waals surface area contributed by atoms with Crippen LogP contribution in [0, 0.1) is 11.3 Å². The number of Topliss-reactive ketones (excluding diaryl/α,β-unsaturated/α-hetero) is 1. The third-order valence-electron chi connectivity index (χ3n) is 3.52. The Balaban J connectivity index is 2.19. The number of carbonyl (C=O) groups is 2. The predicted octanol–water partition coefficient (Wildman–Crippen LogP) is 1.72. The molecule has 0 aromatic carbocycles. The van der Waals surface area contributed by atoms with Crippen LogP contribution in [0.3, 0.4) is 0 Å². The molecule has 2 heteroatoms. The number of aldehydes is 1. The van der Waals surface area contributed by atoms with E-state index in [1.807, 2.05) is 0 Å². The minimum atomic E-state index is -0.261. The summed E-state index contributed by atoms with van der Waals surface area (Å²) in [4.78, 5) is 22.3. The van der Waals surface area contributed by atoms with Gasteiger partial charge in [-0.25, -0.2) is 0 Å². The second-order valence-electron chi connectivity index (χ2n) is 4.13. The molecule has 2 aliphatic rings. The smallest absolute Gasteiger partial charge is 0.149 e. The third-order valence-corrected chi connectivity index (χ3v) is 3.52. The number of hydrogen-bond donors (Lipinski definition) is 0. The second-order valence-corrected chi connectivity index (χ2v) is 4.13. The molecule has 1 atom stereocenters. The third kappa shape index (κ3) is 0.936. The van der Waals surface area contributed by atoms with Crippen molar-refractivity contribution >= 4 is 12.1 Å². The molecule has 1 spiro atoms. The van der Waals surface area contributed by atoms with Crippen LogP contribution in [0.15, 0.2) is 0 Å². The van der Waals surface area contributed by atoms with Gasteiger partial charge in [-0.15, -0.1) is 0 Å². The van der Waals surface area contributed by atoms with Crippen LogP contribution in [0.4, 0.5) is 0 Å². The van der Waals surface area contributed by atoms with E-state index in [0.29, 0.717) is 0 Å². The van der Waals surface area contributed by atoms with Gasteiger partial charge in [0.15, 0.2) is 0 Å². The monoisotopic (exact) mass is 166 g/mol. The van der Waals surface area contributed by atoms with Crippen LogP contribution in [-0.2, 0) is 9.59 Å². The van der Waals surface area contributed by atoms with Crippen LogP contribution in [0.2, 0.25) is 0 Å². The zero-order valence-corrected chi connectivity index (χ0v) is 7.21. The molecule has 2 fully saturated rings. The summed E-state index contributed by atoms with van der Waals surface area (Å²) in [6, 6.07) is 0. The van der Waals surface area contributed by atoms with Gasteiger partial charge in [0.05, 0.1) is 5.92 Å². The van der Waals surface area contributed by atoms with E-state index < -0.39 is 0 Å². The Hall–Kier alpha value is -0.660. The van der Waals surface area contributed by atoms with E-state index in [2.05, 4.69) is 0 Å². The number of rotatable bonds is 1. The van der Waals surface area contributed by atoms with E-state index in [9.17, 15) is 9.59 Å². The maximum absolute atomic E-state index is 11.7. The lowest BCUT2D eigenvalue weighted by Gasteiger charge is -2.19. The highest BCUT2D eigenvalue weighted by Crippen LogP contribution is 2.49. The van der Waals surface area contributed by atoms with Gasteiger partial charge in [-0.3, -0.25) is 4.79 Å². The van der Waals surface area contributed by atoms with E-state index in [4.69, 9.17) is 0 Å². The summed E-state index contributed by atoms with van der Waals surface area (Å²) in [5.74, 6) is -0.0156. The molecule has 2 saturated carbocycles. The van der Waals surface area contributed by atoms with Crippen molar-refractivity contribution < 1.29 is 9.59 Å². The topological polar surface area (TPSA) is 34.1 Å². The molecule has 0 N–H and O–H groups in total. The first kappa shape index (κ1) is 7.96. The molecule has 12 heavy (non-hydrogen) atoms. The lowest BCUT2D eigenvalue weighted by molar-refractivity contribution is -0.131. The van der Waals surface area contributed by atoms with Crippen LogP contribution in [0.5, 0.6) is 0 Å². The first-order valence-corrected chi connectivity index (χ1v) is 4.78. The lowest BCUT2D eigenvalue weighted by atomic mass is 9.82. The van der Waals surface area contributed by atoms with Crippen molar-refractivity contribution in [2.75, 3.05) is 0 Å². The van der Waals surface area contributed by atoms with Gasteiger partial charge in [-0.05, 0) is 25.7 Å². The van der Waals surface area contributed by atoms with Gasteiger partial charge in [0.2, 0.25) is 0 Å². The zero-order chi connectivity index (χ0) is 8.60. The quantitative estimate of drug-likeness (QED) is 0.439. The Bertz CT molecular complexity index is 214. The van der Waals surface area contributed by atoms with Crippen molar-refractivity contribution in [1.82, 2.24) is 0 Å². The minimum Gasteiger partial charge on any atom is -0.303 e. The maximum Gasteiger partial charge on any atom is 0.149 e. The molecular formula is C10H14O2. The molecular weight excluding hydrogens is 152 g/mol. The summed E-state index contributed by atoms with van der Waals surface area (Å²) in [6.45, 7) is 0. The van der Waals surface area contributed by atoms with Crippen molar-refractivity contribution in [3.8, 4) is 0 Å². The fourth-order valence-corrected chi connectivity index (χ4v) is 2.76. The van der Waals surface area contributed by atoms with E-state index >= 15 is 0 Å². The maximum atomic E-state index is 11.7. The molecule has 1 unspecified atom stereocenters. The van der Waals surface area contributed by atoms with E-state index in [1.54, 1.807) is 0 Å². The zero-order valence-electron chi connectivity index (χ0n) is 7.21. The lowest BCUT2D eigenvalue weighted by Crippen LogP contribution is -2.25. The Morgan fingerprint density at radius 1 is 1.25 bits per heavy atom. The van der Waals surface area contributed by atoms with Crippen LogP contribution >= 0.6 is 0 Å². The molecule has 0 aromatic heterocycles. The summed E-state index contributed by atoms with van der Waals surface area (Å²) < 4.78 is 0. The summed E-state index contributed by atoms with van der Waals surface area (Å²) in [6.07, 6.45) is 7.05. The predicted molar refractivity (Wildman–Crippen MR) is 44.7 cm³/mol. The van der Waals surface area contributed by atoms with E-state index in [0.717, 1.165) is 32.0 Å². The fraction of sp³-hybridized carbons (Fsp3) is 0.800. The summed E-state index contributed by atoms with van der Waals surface area (Å²) in [7, 11) is 0. The molecule has 66 valence electrons. The van der Waals surface area contributed by atoms with Gasteiger partial charge in [0.25, 0.3) is 0 Å². The molecule has 0 saturated heterocycles. The molecule has 2 aliphatic carbocycles. The molecule has 0 aliphatic heterocycles. The largest absolute Gasteiger partial charge is 0.303 e.